The summed E-state index contributed by atoms with van der Waals surface area (Å²) in [7, 11) is 0. The van der Waals surface area contributed by atoms with Gasteiger partial charge >= 0.3 is 0 Å². The maximum Gasteiger partial charge on any atom is 0.141 e. The standard InChI is InChI=1S/C51H36N2/c1-2-53-48-22-11-10-21-47(48)52-51(53)37-26-23-36(24-27-37)40-29-30-45-46(33-40)50(41-18-12-17-39(31-41)34-13-4-3-5-14-34)44-20-9-8-19-43(44)49(45)42-28-25-35-15-6-7-16-38(35)32-42/h3-33H,2H2,1H3. The predicted octanol–water partition coefficient (Wildman–Crippen LogP) is 13.9. The number of nitrogens with zero attached hydrogens (tertiary/aromatic N) is 2. The van der Waals surface area contributed by atoms with E-state index in [9.17, 15) is 0 Å². The van der Waals surface area contributed by atoms with Crippen molar-refractivity contribution >= 4 is 43.4 Å². The molecule has 0 atom stereocenters. The first-order valence-electron chi connectivity index (χ1n) is 18.4. The molecule has 1 aromatic heterocycles. The molecule has 0 fully saturated rings. The van der Waals surface area contributed by atoms with Gasteiger partial charge in [-0.05, 0) is 114 Å². The Kier molecular flexibility index (Phi) is 7.47. The van der Waals surface area contributed by atoms with E-state index >= 15 is 0 Å². The summed E-state index contributed by atoms with van der Waals surface area (Å²) in [4.78, 5) is 5.02. The molecule has 0 unspecified atom stereocenters. The van der Waals surface area contributed by atoms with Crippen molar-refractivity contribution in [2.45, 2.75) is 13.5 Å². The highest BCUT2D eigenvalue weighted by Gasteiger charge is 2.19. The lowest BCUT2D eigenvalue weighted by molar-refractivity contribution is 0.796. The largest absolute Gasteiger partial charge is 0.324 e. The SMILES string of the molecule is CCn1c(-c2ccc(-c3ccc4c(-c5ccc6ccccc6c5)c5ccccc5c(-c5cccc(-c6ccccc6)c5)c4c3)cc2)nc2ccccc21. The minimum absolute atomic E-state index is 0.865. The van der Waals surface area contributed by atoms with Crippen LogP contribution in [-0.2, 0) is 6.54 Å². The van der Waals surface area contributed by atoms with Crippen LogP contribution < -0.4 is 0 Å². The van der Waals surface area contributed by atoms with Crippen LogP contribution in [0.2, 0.25) is 0 Å². The molecule has 0 aliphatic heterocycles. The Labute approximate surface area is 309 Å². The number of aromatic nitrogens is 2. The van der Waals surface area contributed by atoms with Crippen molar-refractivity contribution in [1.29, 1.82) is 0 Å². The van der Waals surface area contributed by atoms with Gasteiger partial charge in [-0.1, -0.05) is 158 Å². The highest BCUT2D eigenvalue weighted by Crippen LogP contribution is 2.46. The van der Waals surface area contributed by atoms with Crippen molar-refractivity contribution in [3.05, 3.63) is 188 Å². The van der Waals surface area contributed by atoms with E-state index in [0.29, 0.717) is 0 Å². The van der Waals surface area contributed by atoms with E-state index in [-0.39, 0.29) is 0 Å². The summed E-state index contributed by atoms with van der Waals surface area (Å²) in [5.74, 6) is 1.01. The van der Waals surface area contributed by atoms with Crippen LogP contribution >= 0.6 is 0 Å². The molecule has 0 bridgehead atoms. The summed E-state index contributed by atoms with van der Waals surface area (Å²) in [6.07, 6.45) is 0. The van der Waals surface area contributed by atoms with Crippen LogP contribution in [0.4, 0.5) is 0 Å². The molecule has 0 radical (unpaired) electrons. The summed E-state index contributed by atoms with van der Waals surface area (Å²) in [6.45, 7) is 3.05. The van der Waals surface area contributed by atoms with Gasteiger partial charge in [-0.2, -0.15) is 0 Å². The van der Waals surface area contributed by atoms with E-state index in [1.807, 2.05) is 0 Å². The lowest BCUT2D eigenvalue weighted by Gasteiger charge is -2.19. The fraction of sp³-hybridized carbons (Fsp3) is 0.0392. The van der Waals surface area contributed by atoms with E-state index < -0.39 is 0 Å². The van der Waals surface area contributed by atoms with Crippen molar-refractivity contribution in [1.82, 2.24) is 9.55 Å². The molecule has 10 aromatic rings. The Morgan fingerprint density at radius 3 is 1.74 bits per heavy atom. The number of hydrogen-bond donors (Lipinski definition) is 0. The third-order valence-corrected chi connectivity index (χ3v) is 10.8. The minimum atomic E-state index is 0.865. The molecule has 250 valence electrons. The lowest BCUT2D eigenvalue weighted by atomic mass is 9.84. The third-order valence-electron chi connectivity index (χ3n) is 10.8. The van der Waals surface area contributed by atoms with Crippen LogP contribution in [0.25, 0.3) is 99.2 Å². The van der Waals surface area contributed by atoms with Gasteiger partial charge in [0.15, 0.2) is 0 Å². The highest BCUT2D eigenvalue weighted by molar-refractivity contribution is 6.22. The third kappa shape index (κ3) is 5.30. The quantitative estimate of drug-likeness (QED) is 0.160. The molecule has 2 nitrogen and oxygen atoms in total. The predicted molar refractivity (Wildman–Crippen MR) is 225 cm³/mol. The molecular weight excluding hydrogens is 641 g/mol. The Balaban J connectivity index is 1.20. The van der Waals surface area contributed by atoms with Gasteiger partial charge in [-0.15, -0.1) is 0 Å². The first-order valence-corrected chi connectivity index (χ1v) is 18.4. The number of para-hydroxylation sites is 2. The molecule has 9 aromatic carbocycles. The van der Waals surface area contributed by atoms with Gasteiger partial charge < -0.3 is 4.57 Å². The molecular formula is C51H36N2. The van der Waals surface area contributed by atoms with Crippen molar-refractivity contribution in [3.63, 3.8) is 0 Å². The molecule has 0 N–H and O–H groups in total. The van der Waals surface area contributed by atoms with E-state index in [1.54, 1.807) is 0 Å². The molecule has 1 heterocycles. The van der Waals surface area contributed by atoms with E-state index in [1.165, 1.54) is 82.3 Å². The minimum Gasteiger partial charge on any atom is -0.324 e. The Hall–Kier alpha value is -6.77. The van der Waals surface area contributed by atoms with Crippen molar-refractivity contribution < 1.29 is 0 Å². The van der Waals surface area contributed by atoms with Crippen LogP contribution in [0, 0.1) is 0 Å². The zero-order chi connectivity index (χ0) is 35.3. The first kappa shape index (κ1) is 31.0. The average molecular weight is 677 g/mol. The molecule has 0 spiro atoms. The second-order valence-electron chi connectivity index (χ2n) is 13.8. The summed E-state index contributed by atoms with van der Waals surface area (Å²) < 4.78 is 2.30. The first-order chi connectivity index (χ1) is 26.2. The topological polar surface area (TPSA) is 17.8 Å². The molecule has 0 saturated carbocycles. The fourth-order valence-corrected chi connectivity index (χ4v) is 8.24. The van der Waals surface area contributed by atoms with Crippen LogP contribution in [0.5, 0.6) is 0 Å². The van der Waals surface area contributed by atoms with Gasteiger partial charge in [0.25, 0.3) is 0 Å². The van der Waals surface area contributed by atoms with Gasteiger partial charge in [0.2, 0.25) is 0 Å². The maximum absolute atomic E-state index is 5.02. The molecule has 53 heavy (non-hydrogen) atoms. The Morgan fingerprint density at radius 1 is 0.377 bits per heavy atom. The monoisotopic (exact) mass is 676 g/mol. The summed E-state index contributed by atoms with van der Waals surface area (Å²) in [5, 5.41) is 7.49. The van der Waals surface area contributed by atoms with Crippen LogP contribution in [0.15, 0.2) is 188 Å². The second-order valence-corrected chi connectivity index (χ2v) is 13.8. The van der Waals surface area contributed by atoms with Crippen LogP contribution in [0.1, 0.15) is 6.92 Å². The zero-order valence-corrected chi connectivity index (χ0v) is 29.5. The highest BCUT2D eigenvalue weighted by atomic mass is 15.1. The lowest BCUT2D eigenvalue weighted by Crippen LogP contribution is -1.97. The van der Waals surface area contributed by atoms with Gasteiger partial charge in [0.05, 0.1) is 11.0 Å². The number of fused-ring (bicyclic) bond motifs is 4. The van der Waals surface area contributed by atoms with E-state index in [0.717, 1.165) is 23.4 Å². The van der Waals surface area contributed by atoms with Crippen molar-refractivity contribution in [3.8, 4) is 55.9 Å². The fourth-order valence-electron chi connectivity index (χ4n) is 8.24. The van der Waals surface area contributed by atoms with Crippen LogP contribution in [-0.4, -0.2) is 9.55 Å². The molecule has 0 saturated heterocycles. The summed E-state index contributed by atoms with van der Waals surface area (Å²) in [6, 6.07) is 68.6. The van der Waals surface area contributed by atoms with Gasteiger partial charge in [0, 0.05) is 12.1 Å². The number of benzene rings is 9. The molecule has 0 amide bonds. The zero-order valence-electron chi connectivity index (χ0n) is 29.5. The van der Waals surface area contributed by atoms with Gasteiger partial charge in [-0.3, -0.25) is 0 Å². The molecule has 0 aliphatic carbocycles. The number of imidazole rings is 1. The van der Waals surface area contributed by atoms with Crippen molar-refractivity contribution in [2.24, 2.45) is 0 Å². The molecule has 2 heteroatoms. The van der Waals surface area contributed by atoms with Crippen molar-refractivity contribution in [2.75, 3.05) is 0 Å². The van der Waals surface area contributed by atoms with E-state index in [2.05, 4.69) is 200 Å². The normalized spacial score (nSPS) is 11.6. The molecule has 0 aliphatic rings. The summed E-state index contributed by atoms with van der Waals surface area (Å²) >= 11 is 0. The summed E-state index contributed by atoms with van der Waals surface area (Å²) in [5.41, 5.74) is 13.1. The average Bonchev–Trinajstić information content (AvgIpc) is 3.61. The van der Waals surface area contributed by atoms with Crippen LogP contribution in [0.3, 0.4) is 0 Å². The smallest absolute Gasteiger partial charge is 0.141 e. The second kappa shape index (κ2) is 12.8. The van der Waals surface area contributed by atoms with Gasteiger partial charge in [0.1, 0.15) is 5.82 Å². The number of rotatable bonds is 6. The van der Waals surface area contributed by atoms with Gasteiger partial charge in [-0.25, -0.2) is 4.98 Å². The van der Waals surface area contributed by atoms with E-state index in [4.69, 9.17) is 4.98 Å². The Morgan fingerprint density at radius 2 is 0.925 bits per heavy atom. The maximum atomic E-state index is 5.02. The number of aryl methyl sites for hydroxylation is 1. The molecule has 10 rings (SSSR count). The Bertz CT molecular complexity index is 2970. The number of hydrogen-bond acceptors (Lipinski definition) is 1.